The fourth-order valence-electron chi connectivity index (χ4n) is 2.53. The molecule has 0 fully saturated rings. The normalized spacial score (nSPS) is 13.2. The van der Waals surface area contributed by atoms with Crippen LogP contribution in [0.25, 0.3) is 11.3 Å². The second-order valence-corrected chi connectivity index (χ2v) is 5.95. The van der Waals surface area contributed by atoms with E-state index in [2.05, 4.69) is 24.3 Å². The first-order valence-electron chi connectivity index (χ1n) is 6.65. The van der Waals surface area contributed by atoms with Crippen LogP contribution in [0.3, 0.4) is 0 Å². The number of aryl methyl sites for hydroxylation is 3. The highest BCUT2D eigenvalue weighted by Crippen LogP contribution is 2.36. The summed E-state index contributed by atoms with van der Waals surface area (Å²) in [4.78, 5) is 6.31. The van der Waals surface area contributed by atoms with Crippen molar-refractivity contribution in [3.8, 4) is 11.3 Å². The maximum Gasteiger partial charge on any atom is 0.0935 e. The first kappa shape index (κ1) is 11.9. The minimum Gasteiger partial charge on any atom is -0.330 e. The van der Waals surface area contributed by atoms with Gasteiger partial charge in [0.2, 0.25) is 0 Å². The molecule has 2 aromatic rings. The molecule has 0 radical (unpaired) electrons. The van der Waals surface area contributed by atoms with E-state index in [4.69, 9.17) is 10.7 Å². The van der Waals surface area contributed by atoms with Gasteiger partial charge in [0.05, 0.1) is 10.7 Å². The van der Waals surface area contributed by atoms with Crippen LogP contribution in [0.15, 0.2) is 24.3 Å². The van der Waals surface area contributed by atoms with Crippen LogP contribution < -0.4 is 5.73 Å². The SMILES string of the molecule is NCCCCc1nc2c(s1)CCc1ccccc1-2. The smallest absolute Gasteiger partial charge is 0.0935 e. The van der Waals surface area contributed by atoms with Crippen LogP contribution >= 0.6 is 11.3 Å². The Morgan fingerprint density at radius 3 is 2.94 bits per heavy atom. The Labute approximate surface area is 112 Å². The molecule has 1 aliphatic carbocycles. The maximum atomic E-state index is 5.54. The van der Waals surface area contributed by atoms with Crippen molar-refractivity contribution in [1.82, 2.24) is 4.98 Å². The number of hydrogen-bond donors (Lipinski definition) is 1. The van der Waals surface area contributed by atoms with E-state index < -0.39 is 0 Å². The van der Waals surface area contributed by atoms with Crippen molar-refractivity contribution in [1.29, 1.82) is 0 Å². The Morgan fingerprint density at radius 2 is 2.06 bits per heavy atom. The molecule has 18 heavy (non-hydrogen) atoms. The van der Waals surface area contributed by atoms with Gasteiger partial charge in [-0.15, -0.1) is 11.3 Å². The molecular formula is C15H18N2S. The third-order valence-corrected chi connectivity index (χ3v) is 4.66. The fourth-order valence-corrected chi connectivity index (χ4v) is 3.65. The molecule has 1 aromatic carbocycles. The summed E-state index contributed by atoms with van der Waals surface area (Å²) in [6.45, 7) is 0.786. The number of hydrogen-bond acceptors (Lipinski definition) is 3. The van der Waals surface area contributed by atoms with Gasteiger partial charge in [0.15, 0.2) is 0 Å². The minimum atomic E-state index is 0.786. The van der Waals surface area contributed by atoms with E-state index >= 15 is 0 Å². The minimum absolute atomic E-state index is 0.786. The number of benzene rings is 1. The van der Waals surface area contributed by atoms with Crippen LogP contribution in [0.2, 0.25) is 0 Å². The van der Waals surface area contributed by atoms with Crippen molar-refractivity contribution in [3.05, 3.63) is 39.7 Å². The highest BCUT2D eigenvalue weighted by Gasteiger charge is 2.19. The molecule has 0 atom stereocenters. The van der Waals surface area contributed by atoms with Gasteiger partial charge in [-0.2, -0.15) is 0 Å². The monoisotopic (exact) mass is 258 g/mol. The zero-order chi connectivity index (χ0) is 12.4. The standard InChI is InChI=1S/C15H18N2S/c16-10-4-3-7-14-17-15-12-6-2-1-5-11(12)8-9-13(15)18-14/h1-2,5-6H,3-4,7-10,16H2. The number of rotatable bonds is 4. The van der Waals surface area contributed by atoms with Crippen LogP contribution in [0.5, 0.6) is 0 Å². The third kappa shape index (κ3) is 2.20. The van der Waals surface area contributed by atoms with E-state index in [0.29, 0.717) is 0 Å². The number of aromatic nitrogens is 1. The van der Waals surface area contributed by atoms with Crippen molar-refractivity contribution >= 4 is 11.3 Å². The van der Waals surface area contributed by atoms with E-state index in [9.17, 15) is 0 Å². The largest absolute Gasteiger partial charge is 0.330 e. The first-order valence-corrected chi connectivity index (χ1v) is 7.47. The highest BCUT2D eigenvalue weighted by molar-refractivity contribution is 7.12. The lowest BCUT2D eigenvalue weighted by Crippen LogP contribution is -2.01. The van der Waals surface area contributed by atoms with Gasteiger partial charge in [-0.1, -0.05) is 24.3 Å². The molecule has 1 aromatic heterocycles. The van der Waals surface area contributed by atoms with Crippen LogP contribution in [-0.2, 0) is 19.3 Å². The van der Waals surface area contributed by atoms with E-state index in [1.165, 1.54) is 26.7 Å². The molecule has 2 nitrogen and oxygen atoms in total. The zero-order valence-corrected chi connectivity index (χ0v) is 11.3. The van der Waals surface area contributed by atoms with E-state index in [-0.39, 0.29) is 0 Å². The molecule has 0 amide bonds. The summed E-state index contributed by atoms with van der Waals surface area (Å²) < 4.78 is 0. The number of thiazole rings is 1. The number of unbranched alkanes of at least 4 members (excludes halogenated alkanes) is 1. The van der Waals surface area contributed by atoms with Crippen molar-refractivity contribution in [2.24, 2.45) is 5.73 Å². The van der Waals surface area contributed by atoms with Gasteiger partial charge in [0.1, 0.15) is 0 Å². The Bertz CT molecular complexity index is 545. The summed E-state index contributed by atoms with van der Waals surface area (Å²) in [5.41, 5.74) is 9.57. The predicted molar refractivity (Wildman–Crippen MR) is 77.0 cm³/mol. The van der Waals surface area contributed by atoms with E-state index in [0.717, 1.165) is 38.6 Å². The molecule has 0 aliphatic heterocycles. The lowest BCUT2D eigenvalue weighted by atomic mass is 9.94. The van der Waals surface area contributed by atoms with Gasteiger partial charge in [0, 0.05) is 10.4 Å². The lowest BCUT2D eigenvalue weighted by molar-refractivity contribution is 0.742. The molecule has 3 rings (SSSR count). The molecule has 0 saturated heterocycles. The second kappa shape index (κ2) is 5.21. The van der Waals surface area contributed by atoms with Crippen molar-refractivity contribution in [3.63, 3.8) is 0 Å². The summed E-state index contributed by atoms with van der Waals surface area (Å²) in [6, 6.07) is 8.67. The van der Waals surface area contributed by atoms with E-state index in [1.54, 1.807) is 0 Å². The zero-order valence-electron chi connectivity index (χ0n) is 10.5. The van der Waals surface area contributed by atoms with Crippen molar-refractivity contribution in [2.45, 2.75) is 32.1 Å². The van der Waals surface area contributed by atoms with Gasteiger partial charge in [-0.3, -0.25) is 0 Å². The lowest BCUT2D eigenvalue weighted by Gasteiger charge is -2.13. The molecular weight excluding hydrogens is 240 g/mol. The summed E-state index contributed by atoms with van der Waals surface area (Å²) in [7, 11) is 0. The number of fused-ring (bicyclic) bond motifs is 3. The first-order chi connectivity index (χ1) is 8.88. The maximum absolute atomic E-state index is 5.54. The predicted octanol–water partition coefficient (Wildman–Crippen LogP) is 3.19. The molecule has 1 aliphatic rings. The number of nitrogens with zero attached hydrogens (tertiary/aromatic N) is 1. The van der Waals surface area contributed by atoms with E-state index in [1.807, 2.05) is 11.3 Å². The molecule has 1 heterocycles. The van der Waals surface area contributed by atoms with Crippen LogP contribution in [0.4, 0.5) is 0 Å². The van der Waals surface area contributed by atoms with Crippen molar-refractivity contribution < 1.29 is 0 Å². The van der Waals surface area contributed by atoms with Crippen LogP contribution in [0, 0.1) is 0 Å². The summed E-state index contributed by atoms with van der Waals surface area (Å²) in [6.07, 6.45) is 5.65. The second-order valence-electron chi connectivity index (χ2n) is 4.78. The number of nitrogens with two attached hydrogens (primary N) is 1. The molecule has 3 heteroatoms. The van der Waals surface area contributed by atoms with Crippen LogP contribution in [-0.4, -0.2) is 11.5 Å². The average Bonchev–Trinajstić information content (AvgIpc) is 2.82. The Balaban J connectivity index is 1.87. The van der Waals surface area contributed by atoms with Gasteiger partial charge in [-0.05, 0) is 44.2 Å². The van der Waals surface area contributed by atoms with Gasteiger partial charge in [0.25, 0.3) is 0 Å². The molecule has 0 bridgehead atoms. The summed E-state index contributed by atoms with van der Waals surface area (Å²) in [5.74, 6) is 0. The van der Waals surface area contributed by atoms with Crippen LogP contribution in [0.1, 0.15) is 28.3 Å². The van der Waals surface area contributed by atoms with Gasteiger partial charge < -0.3 is 5.73 Å². The van der Waals surface area contributed by atoms with Crippen molar-refractivity contribution in [2.75, 3.05) is 6.54 Å². The quantitative estimate of drug-likeness (QED) is 0.855. The molecule has 0 unspecified atom stereocenters. The average molecular weight is 258 g/mol. The molecule has 94 valence electrons. The topological polar surface area (TPSA) is 38.9 Å². The Hall–Kier alpha value is -1.19. The molecule has 0 saturated carbocycles. The van der Waals surface area contributed by atoms with Gasteiger partial charge in [-0.25, -0.2) is 4.98 Å². The van der Waals surface area contributed by atoms with Gasteiger partial charge >= 0.3 is 0 Å². The Kier molecular flexibility index (Phi) is 3.43. The fraction of sp³-hybridized carbons (Fsp3) is 0.400. The summed E-state index contributed by atoms with van der Waals surface area (Å²) in [5, 5.41) is 1.28. The Morgan fingerprint density at radius 1 is 1.17 bits per heavy atom. The third-order valence-electron chi connectivity index (χ3n) is 3.48. The highest BCUT2D eigenvalue weighted by atomic mass is 32.1. The molecule has 0 spiro atoms. The molecule has 2 N–H and O–H groups in total. The summed E-state index contributed by atoms with van der Waals surface area (Å²) >= 11 is 1.90.